The average Bonchev–Trinajstić information content (AvgIpc) is 2.99. The van der Waals surface area contributed by atoms with Gasteiger partial charge in [0.05, 0.1) is 5.60 Å². The minimum absolute atomic E-state index is 0.0945. The third-order valence-electron chi connectivity index (χ3n) is 4.96. The second kappa shape index (κ2) is 2.86. The van der Waals surface area contributed by atoms with Gasteiger partial charge in [0.15, 0.2) is 5.78 Å². The normalized spacial score (nSPS) is 52.9. The number of carbonyl (C=O) groups excluding carboxylic acids is 1. The summed E-state index contributed by atoms with van der Waals surface area (Å²) in [5.41, 5.74) is -0.0945. The maximum absolute atomic E-state index is 12.0. The summed E-state index contributed by atoms with van der Waals surface area (Å²) in [6.07, 6.45) is 11.9. The van der Waals surface area contributed by atoms with Crippen LogP contribution in [0.25, 0.3) is 0 Å². The number of ether oxygens (including phenoxy) is 1. The molecule has 1 spiro atoms. The van der Waals surface area contributed by atoms with Gasteiger partial charge in [-0.2, -0.15) is 0 Å². The van der Waals surface area contributed by atoms with Crippen LogP contribution in [0.1, 0.15) is 19.3 Å². The molecule has 84 valence electrons. The molecule has 0 aromatic carbocycles. The summed E-state index contributed by atoms with van der Waals surface area (Å²) in [5, 5.41) is 0. The molecule has 0 unspecified atom stereocenters. The predicted octanol–water partition coefficient (Wildman–Crippen LogP) is 2.11. The molecule has 2 nitrogen and oxygen atoms in total. The number of allylic oxidation sites excluding steroid dienone is 3. The molecule has 0 aromatic rings. The molecule has 0 N–H and O–H groups in total. The molecular formula is C14H16O2. The van der Waals surface area contributed by atoms with Gasteiger partial charge in [-0.3, -0.25) is 4.79 Å². The molecule has 2 fully saturated rings. The van der Waals surface area contributed by atoms with E-state index >= 15 is 0 Å². The summed E-state index contributed by atoms with van der Waals surface area (Å²) in [6.45, 7) is 0.864. The highest BCUT2D eigenvalue weighted by Crippen LogP contribution is 2.57. The van der Waals surface area contributed by atoms with E-state index in [0.717, 1.165) is 19.4 Å². The fourth-order valence-electron chi connectivity index (χ4n) is 4.40. The highest BCUT2D eigenvalue weighted by Gasteiger charge is 2.58. The van der Waals surface area contributed by atoms with Crippen molar-refractivity contribution in [2.24, 2.45) is 23.7 Å². The summed E-state index contributed by atoms with van der Waals surface area (Å²) in [4.78, 5) is 12.0. The Morgan fingerprint density at radius 2 is 2.19 bits per heavy atom. The van der Waals surface area contributed by atoms with Gasteiger partial charge in [-0.1, -0.05) is 12.2 Å². The number of carbonyl (C=O) groups is 1. The summed E-state index contributed by atoms with van der Waals surface area (Å²) in [6, 6.07) is 0. The van der Waals surface area contributed by atoms with Crippen LogP contribution >= 0.6 is 0 Å². The largest absolute Gasteiger partial charge is 0.371 e. The molecule has 2 heteroatoms. The molecule has 4 rings (SSSR count). The maximum Gasteiger partial charge on any atom is 0.159 e. The first-order valence-electron chi connectivity index (χ1n) is 6.36. The Hall–Kier alpha value is -0.890. The summed E-state index contributed by atoms with van der Waals surface area (Å²) >= 11 is 0. The van der Waals surface area contributed by atoms with E-state index < -0.39 is 0 Å². The first-order chi connectivity index (χ1) is 7.80. The number of fused-ring (bicyclic) bond motifs is 6. The Kier molecular flexibility index (Phi) is 1.64. The number of hydrogen-bond acceptors (Lipinski definition) is 2. The van der Waals surface area contributed by atoms with Crippen LogP contribution in [0.5, 0.6) is 0 Å². The molecule has 2 bridgehead atoms. The van der Waals surface area contributed by atoms with Crippen LogP contribution in [0.15, 0.2) is 24.3 Å². The first kappa shape index (κ1) is 9.17. The quantitative estimate of drug-likeness (QED) is 0.580. The van der Waals surface area contributed by atoms with Gasteiger partial charge in [0.25, 0.3) is 0 Å². The third-order valence-corrected chi connectivity index (χ3v) is 4.96. The lowest BCUT2D eigenvalue weighted by Gasteiger charge is -2.42. The number of ketones is 1. The van der Waals surface area contributed by atoms with Crippen molar-refractivity contribution in [3.63, 3.8) is 0 Å². The average molecular weight is 216 g/mol. The lowest BCUT2D eigenvalue weighted by Crippen LogP contribution is -2.47. The summed E-state index contributed by atoms with van der Waals surface area (Å²) < 4.78 is 6.02. The molecule has 3 aliphatic carbocycles. The van der Waals surface area contributed by atoms with E-state index in [1.165, 1.54) is 6.42 Å². The molecule has 16 heavy (non-hydrogen) atoms. The van der Waals surface area contributed by atoms with Crippen LogP contribution in [0, 0.1) is 23.7 Å². The van der Waals surface area contributed by atoms with Crippen molar-refractivity contribution in [1.82, 2.24) is 0 Å². The van der Waals surface area contributed by atoms with Gasteiger partial charge >= 0.3 is 0 Å². The van der Waals surface area contributed by atoms with E-state index in [1.807, 2.05) is 0 Å². The molecule has 0 radical (unpaired) electrons. The topological polar surface area (TPSA) is 26.3 Å². The van der Waals surface area contributed by atoms with E-state index in [4.69, 9.17) is 4.74 Å². The highest BCUT2D eigenvalue weighted by atomic mass is 16.5. The smallest absolute Gasteiger partial charge is 0.159 e. The second-order valence-corrected chi connectivity index (χ2v) is 5.64. The van der Waals surface area contributed by atoms with Crippen molar-refractivity contribution in [3.05, 3.63) is 24.3 Å². The van der Waals surface area contributed by atoms with Crippen molar-refractivity contribution < 1.29 is 9.53 Å². The van der Waals surface area contributed by atoms with Gasteiger partial charge < -0.3 is 4.74 Å². The summed E-state index contributed by atoms with van der Waals surface area (Å²) in [5.74, 6) is 2.07. The SMILES string of the molecule is O=C1C=C[C@]2(CCCO2)[C@@H]2[C@H]1[C@@H]1C=C[C@H]2C1. The number of hydrogen-bond donors (Lipinski definition) is 0. The third kappa shape index (κ3) is 0.945. The highest BCUT2D eigenvalue weighted by molar-refractivity contribution is 5.94. The fraction of sp³-hybridized carbons (Fsp3) is 0.643. The Morgan fingerprint density at radius 1 is 1.31 bits per heavy atom. The Labute approximate surface area is 95.4 Å². The zero-order valence-corrected chi connectivity index (χ0v) is 9.26. The van der Waals surface area contributed by atoms with E-state index in [9.17, 15) is 4.79 Å². The van der Waals surface area contributed by atoms with Crippen LogP contribution < -0.4 is 0 Å². The molecular weight excluding hydrogens is 200 g/mol. The van der Waals surface area contributed by atoms with Gasteiger partial charge in [0.1, 0.15) is 0 Å². The van der Waals surface area contributed by atoms with Crippen LogP contribution in [0.3, 0.4) is 0 Å². The fourth-order valence-corrected chi connectivity index (χ4v) is 4.40. The maximum atomic E-state index is 12.0. The molecule has 4 aliphatic rings. The molecule has 1 saturated heterocycles. The van der Waals surface area contributed by atoms with Crippen molar-refractivity contribution in [1.29, 1.82) is 0 Å². The molecule has 0 aromatic heterocycles. The zero-order chi connectivity index (χ0) is 10.8. The van der Waals surface area contributed by atoms with Gasteiger partial charge in [-0.25, -0.2) is 0 Å². The first-order valence-corrected chi connectivity index (χ1v) is 6.36. The Morgan fingerprint density at radius 3 is 3.00 bits per heavy atom. The zero-order valence-electron chi connectivity index (χ0n) is 9.26. The lowest BCUT2D eigenvalue weighted by atomic mass is 9.66. The minimum Gasteiger partial charge on any atom is -0.371 e. The second-order valence-electron chi connectivity index (χ2n) is 5.64. The monoisotopic (exact) mass is 216 g/mol. The molecule has 1 saturated carbocycles. The van der Waals surface area contributed by atoms with E-state index in [-0.39, 0.29) is 11.5 Å². The van der Waals surface area contributed by atoms with Crippen LogP contribution in [-0.4, -0.2) is 18.0 Å². The van der Waals surface area contributed by atoms with E-state index in [0.29, 0.717) is 23.5 Å². The standard InChI is InChI=1S/C14H16O2/c15-11-4-6-14(5-1-7-16-14)13-10-3-2-9(8-10)12(11)13/h2-4,6,9-10,12-13H,1,5,7-8H2/t9-,10+,12+,13+,14-/m1/s1. The van der Waals surface area contributed by atoms with Crippen LogP contribution in [0.4, 0.5) is 0 Å². The van der Waals surface area contributed by atoms with Gasteiger partial charge in [-0.05, 0) is 43.3 Å². The lowest BCUT2D eigenvalue weighted by molar-refractivity contribution is -0.126. The molecule has 1 aliphatic heterocycles. The molecule has 0 amide bonds. The summed E-state index contributed by atoms with van der Waals surface area (Å²) in [7, 11) is 0. The Balaban J connectivity index is 1.83. The Bertz CT molecular complexity index is 401. The van der Waals surface area contributed by atoms with E-state index in [1.54, 1.807) is 6.08 Å². The van der Waals surface area contributed by atoms with Crippen molar-refractivity contribution in [2.45, 2.75) is 24.9 Å². The number of rotatable bonds is 0. The van der Waals surface area contributed by atoms with Crippen LogP contribution in [-0.2, 0) is 9.53 Å². The van der Waals surface area contributed by atoms with Crippen LogP contribution in [0.2, 0.25) is 0 Å². The van der Waals surface area contributed by atoms with Crippen molar-refractivity contribution in [3.8, 4) is 0 Å². The molecule has 1 heterocycles. The predicted molar refractivity (Wildman–Crippen MR) is 59.8 cm³/mol. The van der Waals surface area contributed by atoms with Crippen molar-refractivity contribution >= 4 is 5.78 Å². The minimum atomic E-state index is -0.0945. The van der Waals surface area contributed by atoms with Gasteiger partial charge in [0, 0.05) is 18.4 Å². The van der Waals surface area contributed by atoms with Gasteiger partial charge in [-0.15, -0.1) is 0 Å². The molecule has 5 atom stereocenters. The van der Waals surface area contributed by atoms with E-state index in [2.05, 4.69) is 18.2 Å². The van der Waals surface area contributed by atoms with Gasteiger partial charge in [0.2, 0.25) is 0 Å². The van der Waals surface area contributed by atoms with Crippen molar-refractivity contribution in [2.75, 3.05) is 6.61 Å².